The highest BCUT2D eigenvalue weighted by atomic mass is 35.5. The Balaban J connectivity index is 2.00. The van der Waals surface area contributed by atoms with Crippen LogP contribution in [-0.2, 0) is 11.3 Å². The smallest absolute Gasteiger partial charge is 0.338 e. The zero-order valence-electron chi connectivity index (χ0n) is 10.8. The second-order valence-electron chi connectivity index (χ2n) is 4.27. The van der Waals surface area contributed by atoms with Gasteiger partial charge in [-0.15, -0.1) is 0 Å². The zero-order valence-corrected chi connectivity index (χ0v) is 12.3. The Morgan fingerprint density at radius 1 is 0.952 bits per heavy atom. The van der Waals surface area contributed by atoms with Crippen molar-refractivity contribution in [1.29, 1.82) is 0 Å². The number of halogens is 2. The number of primary amides is 1. The minimum atomic E-state index is -0.507. The number of carbonyl (C=O) groups is 2. The summed E-state index contributed by atoms with van der Waals surface area (Å²) in [5.74, 6) is -1.01. The van der Waals surface area contributed by atoms with Crippen molar-refractivity contribution < 1.29 is 14.3 Å². The third-order valence-corrected chi connectivity index (χ3v) is 3.50. The van der Waals surface area contributed by atoms with E-state index in [0.717, 1.165) is 5.56 Å². The van der Waals surface area contributed by atoms with Gasteiger partial charge in [-0.1, -0.05) is 35.3 Å². The van der Waals surface area contributed by atoms with Crippen LogP contribution >= 0.6 is 23.2 Å². The molecule has 0 fully saturated rings. The number of ether oxygens (including phenoxy) is 1. The van der Waals surface area contributed by atoms with Gasteiger partial charge in [-0.25, -0.2) is 4.79 Å². The summed E-state index contributed by atoms with van der Waals surface area (Å²) in [5, 5.41) is 0.659. The van der Waals surface area contributed by atoms with Gasteiger partial charge in [0.05, 0.1) is 15.6 Å². The Labute approximate surface area is 131 Å². The lowest BCUT2D eigenvalue weighted by atomic mass is 10.1. The fourth-order valence-electron chi connectivity index (χ4n) is 1.62. The average Bonchev–Trinajstić information content (AvgIpc) is 2.48. The van der Waals surface area contributed by atoms with Gasteiger partial charge in [-0.3, -0.25) is 4.79 Å². The molecule has 4 nitrogen and oxygen atoms in total. The Hall–Kier alpha value is -2.04. The second kappa shape index (κ2) is 6.61. The van der Waals surface area contributed by atoms with Crippen molar-refractivity contribution in [3.8, 4) is 0 Å². The van der Waals surface area contributed by atoms with E-state index in [1.54, 1.807) is 24.3 Å². The molecule has 21 heavy (non-hydrogen) atoms. The predicted molar refractivity (Wildman–Crippen MR) is 80.5 cm³/mol. The molecule has 0 spiro atoms. The Kier molecular flexibility index (Phi) is 4.83. The first-order valence-corrected chi connectivity index (χ1v) is 6.74. The monoisotopic (exact) mass is 323 g/mol. The lowest BCUT2D eigenvalue weighted by Gasteiger charge is -2.06. The molecule has 108 valence electrons. The third-order valence-electron chi connectivity index (χ3n) is 2.76. The van der Waals surface area contributed by atoms with E-state index in [-0.39, 0.29) is 11.6 Å². The highest BCUT2D eigenvalue weighted by Gasteiger charge is 2.10. The molecule has 0 atom stereocenters. The van der Waals surface area contributed by atoms with Crippen LogP contribution < -0.4 is 5.73 Å². The molecule has 0 unspecified atom stereocenters. The quantitative estimate of drug-likeness (QED) is 0.876. The van der Waals surface area contributed by atoms with E-state index < -0.39 is 11.9 Å². The van der Waals surface area contributed by atoms with Gasteiger partial charge < -0.3 is 10.5 Å². The molecule has 0 heterocycles. The molecule has 0 radical (unpaired) electrons. The van der Waals surface area contributed by atoms with Gasteiger partial charge in [0.1, 0.15) is 6.61 Å². The number of rotatable bonds is 4. The zero-order chi connectivity index (χ0) is 15.4. The highest BCUT2D eigenvalue weighted by molar-refractivity contribution is 6.42. The van der Waals surface area contributed by atoms with Gasteiger partial charge in [0.15, 0.2) is 0 Å². The van der Waals surface area contributed by atoms with Crippen LogP contribution in [0.15, 0.2) is 42.5 Å². The van der Waals surface area contributed by atoms with Crippen LogP contribution in [0.5, 0.6) is 0 Å². The average molecular weight is 324 g/mol. The van der Waals surface area contributed by atoms with Gasteiger partial charge in [0.25, 0.3) is 0 Å². The molecular weight excluding hydrogens is 313 g/mol. The Bertz CT molecular complexity index is 684. The van der Waals surface area contributed by atoms with Crippen LogP contribution in [0.4, 0.5) is 0 Å². The van der Waals surface area contributed by atoms with E-state index in [9.17, 15) is 9.59 Å². The number of carbonyl (C=O) groups excluding carboxylic acids is 2. The number of benzene rings is 2. The van der Waals surface area contributed by atoms with Crippen molar-refractivity contribution in [2.45, 2.75) is 6.61 Å². The molecule has 2 aromatic rings. The lowest BCUT2D eigenvalue weighted by Crippen LogP contribution is -2.11. The number of hydrogen-bond acceptors (Lipinski definition) is 3. The lowest BCUT2D eigenvalue weighted by molar-refractivity contribution is 0.0472. The van der Waals surface area contributed by atoms with Gasteiger partial charge >= 0.3 is 5.97 Å². The highest BCUT2D eigenvalue weighted by Crippen LogP contribution is 2.23. The minimum absolute atomic E-state index is 0.0815. The predicted octanol–water partition coefficient (Wildman–Crippen LogP) is 3.45. The maximum absolute atomic E-state index is 11.9. The fourth-order valence-corrected chi connectivity index (χ4v) is 1.92. The number of hydrogen-bond donors (Lipinski definition) is 1. The minimum Gasteiger partial charge on any atom is -0.457 e. The first kappa shape index (κ1) is 15.4. The van der Waals surface area contributed by atoms with Crippen LogP contribution in [0, 0.1) is 0 Å². The van der Waals surface area contributed by atoms with Crippen LogP contribution in [-0.4, -0.2) is 11.9 Å². The molecule has 0 saturated carbocycles. The molecule has 0 aliphatic heterocycles. The summed E-state index contributed by atoms with van der Waals surface area (Å²) in [5.41, 5.74) is 6.60. The molecular formula is C15H11Cl2NO3. The topological polar surface area (TPSA) is 69.4 Å². The summed E-state index contributed by atoms with van der Waals surface area (Å²) >= 11 is 11.6. The van der Waals surface area contributed by atoms with E-state index in [0.29, 0.717) is 16.1 Å². The molecule has 6 heteroatoms. The maximum atomic E-state index is 11.9. The number of esters is 1. The molecule has 2 rings (SSSR count). The molecule has 0 aliphatic rings. The molecule has 0 aromatic heterocycles. The van der Waals surface area contributed by atoms with E-state index >= 15 is 0 Å². The first-order chi connectivity index (χ1) is 9.97. The van der Waals surface area contributed by atoms with E-state index in [4.69, 9.17) is 33.7 Å². The second-order valence-corrected chi connectivity index (χ2v) is 5.08. The Morgan fingerprint density at radius 2 is 1.57 bits per heavy atom. The maximum Gasteiger partial charge on any atom is 0.338 e. The normalized spacial score (nSPS) is 10.2. The van der Waals surface area contributed by atoms with Gasteiger partial charge in [0.2, 0.25) is 5.91 Å². The van der Waals surface area contributed by atoms with Gasteiger partial charge in [-0.05, 0) is 35.9 Å². The van der Waals surface area contributed by atoms with Gasteiger partial charge in [-0.2, -0.15) is 0 Å². The number of amides is 1. The fraction of sp³-hybridized carbons (Fsp3) is 0.0667. The van der Waals surface area contributed by atoms with Crippen molar-refractivity contribution >= 4 is 35.1 Å². The van der Waals surface area contributed by atoms with Gasteiger partial charge in [0, 0.05) is 5.56 Å². The third kappa shape index (κ3) is 3.97. The van der Waals surface area contributed by atoms with Crippen molar-refractivity contribution in [2.24, 2.45) is 5.73 Å². The largest absolute Gasteiger partial charge is 0.457 e. The summed E-state index contributed by atoms with van der Waals surface area (Å²) < 4.78 is 5.15. The molecule has 0 saturated heterocycles. The molecule has 2 aromatic carbocycles. The van der Waals surface area contributed by atoms with Crippen molar-refractivity contribution in [3.05, 3.63) is 69.2 Å². The van der Waals surface area contributed by atoms with E-state index in [1.807, 2.05) is 0 Å². The van der Waals surface area contributed by atoms with Crippen molar-refractivity contribution in [2.75, 3.05) is 0 Å². The van der Waals surface area contributed by atoms with Crippen LogP contribution in [0.3, 0.4) is 0 Å². The Morgan fingerprint density at radius 3 is 2.14 bits per heavy atom. The first-order valence-electron chi connectivity index (χ1n) is 5.98. The SMILES string of the molecule is NC(=O)c1ccc(COC(=O)c2ccc(Cl)c(Cl)c2)cc1. The van der Waals surface area contributed by atoms with E-state index in [1.165, 1.54) is 18.2 Å². The molecule has 0 bridgehead atoms. The summed E-state index contributed by atoms with van der Waals surface area (Å²) in [6.07, 6.45) is 0. The van der Waals surface area contributed by atoms with Crippen LogP contribution in [0.25, 0.3) is 0 Å². The van der Waals surface area contributed by atoms with Crippen LogP contribution in [0.1, 0.15) is 26.3 Å². The molecule has 0 aliphatic carbocycles. The van der Waals surface area contributed by atoms with Crippen molar-refractivity contribution in [3.63, 3.8) is 0 Å². The van der Waals surface area contributed by atoms with Crippen molar-refractivity contribution in [1.82, 2.24) is 0 Å². The summed E-state index contributed by atoms with van der Waals surface area (Å²) in [6.45, 7) is 0.0815. The standard InChI is InChI=1S/C15H11Cl2NO3/c16-12-6-5-11(7-13(12)17)15(20)21-8-9-1-3-10(4-2-9)14(18)19/h1-7H,8H2,(H2,18,19). The van der Waals surface area contributed by atoms with E-state index in [2.05, 4.69) is 0 Å². The number of nitrogens with two attached hydrogens (primary N) is 1. The summed E-state index contributed by atoms with van der Waals surface area (Å²) in [7, 11) is 0. The summed E-state index contributed by atoms with van der Waals surface area (Å²) in [6, 6.07) is 11.0. The van der Waals surface area contributed by atoms with Crippen LogP contribution in [0.2, 0.25) is 10.0 Å². The molecule has 1 amide bonds. The molecule has 2 N–H and O–H groups in total. The summed E-state index contributed by atoms with van der Waals surface area (Å²) in [4.78, 5) is 22.8.